The SMILES string of the molecule is COc1cc(Br)cc(C)c1NC(=O)c1cccc(N)c1Br. The molecule has 0 aliphatic heterocycles. The summed E-state index contributed by atoms with van der Waals surface area (Å²) in [5, 5.41) is 2.87. The number of nitrogens with one attached hydrogen (secondary N) is 1. The fourth-order valence-electron chi connectivity index (χ4n) is 1.94. The summed E-state index contributed by atoms with van der Waals surface area (Å²) in [6, 6.07) is 8.88. The first-order chi connectivity index (χ1) is 9.93. The van der Waals surface area contributed by atoms with Crippen molar-refractivity contribution in [2.24, 2.45) is 0 Å². The van der Waals surface area contributed by atoms with Crippen LogP contribution < -0.4 is 15.8 Å². The molecule has 0 aliphatic rings. The number of anilines is 2. The summed E-state index contributed by atoms with van der Waals surface area (Å²) in [6.45, 7) is 1.90. The number of nitrogens with two attached hydrogens (primary N) is 1. The molecule has 0 fully saturated rings. The predicted molar refractivity (Wildman–Crippen MR) is 91.9 cm³/mol. The zero-order valence-electron chi connectivity index (χ0n) is 11.5. The fourth-order valence-corrected chi connectivity index (χ4v) is 2.94. The summed E-state index contributed by atoms with van der Waals surface area (Å²) in [5.74, 6) is 0.341. The van der Waals surface area contributed by atoms with E-state index in [0.29, 0.717) is 27.2 Å². The number of hydrogen-bond donors (Lipinski definition) is 2. The summed E-state index contributed by atoms with van der Waals surface area (Å²) in [5.41, 5.74) is 8.32. The lowest BCUT2D eigenvalue weighted by Gasteiger charge is -2.14. The Bertz CT molecular complexity index is 702. The second kappa shape index (κ2) is 6.49. The minimum absolute atomic E-state index is 0.252. The predicted octanol–water partition coefficient (Wildman–Crippen LogP) is 4.36. The van der Waals surface area contributed by atoms with Gasteiger partial charge in [0.25, 0.3) is 5.91 Å². The lowest BCUT2D eigenvalue weighted by molar-refractivity contribution is 0.102. The molecule has 3 N–H and O–H groups in total. The molecule has 0 bridgehead atoms. The number of rotatable bonds is 3. The molecular weight excluding hydrogens is 400 g/mol. The zero-order valence-corrected chi connectivity index (χ0v) is 14.7. The van der Waals surface area contributed by atoms with E-state index < -0.39 is 0 Å². The molecule has 1 amide bonds. The zero-order chi connectivity index (χ0) is 15.6. The lowest BCUT2D eigenvalue weighted by Crippen LogP contribution is -2.14. The number of methoxy groups -OCH3 is 1. The maximum absolute atomic E-state index is 12.4. The highest BCUT2D eigenvalue weighted by Gasteiger charge is 2.16. The van der Waals surface area contributed by atoms with Crippen molar-refractivity contribution in [3.8, 4) is 5.75 Å². The first kappa shape index (κ1) is 15.9. The van der Waals surface area contributed by atoms with Gasteiger partial charge in [-0.3, -0.25) is 4.79 Å². The van der Waals surface area contributed by atoms with Crippen LogP contribution in [0.1, 0.15) is 15.9 Å². The van der Waals surface area contributed by atoms with Crippen molar-refractivity contribution < 1.29 is 9.53 Å². The molecule has 0 aliphatic carbocycles. The Kier molecular flexibility index (Phi) is 4.90. The number of nitrogen functional groups attached to an aromatic ring is 1. The summed E-state index contributed by atoms with van der Waals surface area (Å²) >= 11 is 6.74. The van der Waals surface area contributed by atoms with E-state index in [1.165, 1.54) is 0 Å². The fraction of sp³-hybridized carbons (Fsp3) is 0.133. The van der Waals surface area contributed by atoms with Gasteiger partial charge in [-0.2, -0.15) is 0 Å². The van der Waals surface area contributed by atoms with E-state index in [1.54, 1.807) is 31.4 Å². The van der Waals surface area contributed by atoms with Gasteiger partial charge in [0.15, 0.2) is 0 Å². The van der Waals surface area contributed by atoms with Gasteiger partial charge in [0.1, 0.15) is 5.75 Å². The summed E-state index contributed by atoms with van der Waals surface area (Å²) in [6.07, 6.45) is 0. The van der Waals surface area contributed by atoms with Gasteiger partial charge in [0, 0.05) is 10.2 Å². The smallest absolute Gasteiger partial charge is 0.256 e. The van der Waals surface area contributed by atoms with Crippen LogP contribution in [-0.4, -0.2) is 13.0 Å². The van der Waals surface area contributed by atoms with Gasteiger partial charge in [-0.25, -0.2) is 0 Å². The van der Waals surface area contributed by atoms with Crippen molar-refractivity contribution in [2.75, 3.05) is 18.2 Å². The Labute approximate surface area is 139 Å². The molecular formula is C15H14Br2N2O2. The monoisotopic (exact) mass is 412 g/mol. The van der Waals surface area contributed by atoms with Gasteiger partial charge in [-0.05, 0) is 52.7 Å². The number of carbonyl (C=O) groups excluding carboxylic acids is 1. The maximum atomic E-state index is 12.4. The summed E-state index contributed by atoms with van der Waals surface area (Å²) in [7, 11) is 1.56. The Morgan fingerprint density at radius 2 is 2.00 bits per heavy atom. The second-order valence-corrected chi connectivity index (χ2v) is 6.17. The van der Waals surface area contributed by atoms with Crippen LogP contribution in [0, 0.1) is 6.92 Å². The first-order valence-electron chi connectivity index (χ1n) is 6.13. The Morgan fingerprint density at radius 3 is 2.67 bits per heavy atom. The number of halogens is 2. The van der Waals surface area contributed by atoms with Gasteiger partial charge >= 0.3 is 0 Å². The lowest BCUT2D eigenvalue weighted by atomic mass is 10.1. The molecule has 0 saturated heterocycles. The quantitative estimate of drug-likeness (QED) is 0.734. The third-order valence-electron chi connectivity index (χ3n) is 3.00. The van der Waals surface area contributed by atoms with Crippen molar-refractivity contribution in [2.45, 2.75) is 6.92 Å². The van der Waals surface area contributed by atoms with Crippen molar-refractivity contribution in [3.63, 3.8) is 0 Å². The topological polar surface area (TPSA) is 64.3 Å². The highest BCUT2D eigenvalue weighted by atomic mass is 79.9. The molecule has 0 saturated carbocycles. The van der Waals surface area contributed by atoms with Gasteiger partial charge in [0.2, 0.25) is 0 Å². The van der Waals surface area contributed by atoms with E-state index in [0.717, 1.165) is 10.0 Å². The summed E-state index contributed by atoms with van der Waals surface area (Å²) in [4.78, 5) is 12.4. The minimum atomic E-state index is -0.252. The van der Waals surface area contributed by atoms with E-state index in [1.807, 2.05) is 13.0 Å². The van der Waals surface area contributed by atoms with Crippen LogP contribution in [-0.2, 0) is 0 Å². The Balaban J connectivity index is 2.38. The van der Waals surface area contributed by atoms with E-state index in [9.17, 15) is 4.79 Å². The molecule has 0 spiro atoms. The number of carbonyl (C=O) groups is 1. The third kappa shape index (κ3) is 3.39. The number of aryl methyl sites for hydroxylation is 1. The minimum Gasteiger partial charge on any atom is -0.495 e. The molecule has 0 aromatic heterocycles. The van der Waals surface area contributed by atoms with Crippen molar-refractivity contribution in [1.82, 2.24) is 0 Å². The molecule has 0 atom stereocenters. The van der Waals surface area contributed by atoms with Crippen LogP contribution in [0.5, 0.6) is 5.75 Å². The van der Waals surface area contributed by atoms with Gasteiger partial charge < -0.3 is 15.8 Å². The van der Waals surface area contributed by atoms with E-state index >= 15 is 0 Å². The average Bonchev–Trinajstić information content (AvgIpc) is 2.44. The van der Waals surface area contributed by atoms with E-state index in [-0.39, 0.29) is 5.91 Å². The molecule has 2 aromatic carbocycles. The van der Waals surface area contributed by atoms with E-state index in [2.05, 4.69) is 37.2 Å². The average molecular weight is 414 g/mol. The highest BCUT2D eigenvalue weighted by molar-refractivity contribution is 9.11. The number of hydrogen-bond acceptors (Lipinski definition) is 3. The molecule has 6 heteroatoms. The van der Waals surface area contributed by atoms with Crippen LogP contribution in [0.2, 0.25) is 0 Å². The van der Waals surface area contributed by atoms with Gasteiger partial charge in [0.05, 0.1) is 22.8 Å². The highest BCUT2D eigenvalue weighted by Crippen LogP contribution is 2.33. The van der Waals surface area contributed by atoms with Crippen LogP contribution in [0.25, 0.3) is 0 Å². The van der Waals surface area contributed by atoms with Crippen LogP contribution in [0.15, 0.2) is 39.3 Å². The number of amides is 1. The molecule has 4 nitrogen and oxygen atoms in total. The van der Waals surface area contributed by atoms with Crippen molar-refractivity contribution >= 4 is 49.1 Å². The van der Waals surface area contributed by atoms with Gasteiger partial charge in [-0.15, -0.1) is 0 Å². The number of ether oxygens (including phenoxy) is 1. The normalized spacial score (nSPS) is 10.3. The molecule has 2 rings (SSSR count). The molecule has 21 heavy (non-hydrogen) atoms. The van der Waals surface area contributed by atoms with Crippen molar-refractivity contribution in [1.29, 1.82) is 0 Å². The Hall–Kier alpha value is -1.53. The molecule has 0 radical (unpaired) electrons. The standard InChI is InChI=1S/C15H14Br2N2O2/c1-8-6-9(16)7-12(21-2)14(8)19-15(20)10-4-3-5-11(18)13(10)17/h3-7H,18H2,1-2H3,(H,19,20). The molecule has 110 valence electrons. The molecule has 2 aromatic rings. The van der Waals surface area contributed by atoms with Crippen LogP contribution in [0.3, 0.4) is 0 Å². The Morgan fingerprint density at radius 1 is 1.29 bits per heavy atom. The van der Waals surface area contributed by atoms with E-state index in [4.69, 9.17) is 10.5 Å². The third-order valence-corrected chi connectivity index (χ3v) is 4.34. The molecule has 0 heterocycles. The van der Waals surface area contributed by atoms with Crippen LogP contribution >= 0.6 is 31.9 Å². The second-order valence-electron chi connectivity index (χ2n) is 4.46. The van der Waals surface area contributed by atoms with Crippen LogP contribution in [0.4, 0.5) is 11.4 Å². The number of benzene rings is 2. The maximum Gasteiger partial charge on any atom is 0.256 e. The largest absolute Gasteiger partial charge is 0.495 e. The summed E-state index contributed by atoms with van der Waals surface area (Å²) < 4.78 is 6.79. The molecule has 0 unspecified atom stereocenters. The van der Waals surface area contributed by atoms with Crippen molar-refractivity contribution in [3.05, 3.63) is 50.4 Å². The van der Waals surface area contributed by atoms with Gasteiger partial charge in [-0.1, -0.05) is 22.0 Å². The first-order valence-corrected chi connectivity index (χ1v) is 7.72.